The summed E-state index contributed by atoms with van der Waals surface area (Å²) in [6.45, 7) is 9.49. The molecule has 0 radical (unpaired) electrons. The zero-order chi connectivity index (χ0) is 20.7. The van der Waals surface area contributed by atoms with Crippen LogP contribution in [0.1, 0.15) is 34.6 Å². The van der Waals surface area contributed by atoms with Crippen LogP contribution < -0.4 is 10.2 Å². The highest BCUT2D eigenvalue weighted by molar-refractivity contribution is 7.91. The molecule has 1 unspecified atom stereocenters. The van der Waals surface area contributed by atoms with Crippen molar-refractivity contribution in [2.24, 2.45) is 0 Å². The molecule has 150 valence electrons. The van der Waals surface area contributed by atoms with Crippen molar-refractivity contribution < 1.29 is 27.4 Å². The smallest absolute Gasteiger partial charge is 0.498 e. The molecule has 0 saturated carbocycles. The van der Waals surface area contributed by atoms with Crippen LogP contribution in [0.4, 0.5) is 8.78 Å². The van der Waals surface area contributed by atoms with E-state index < -0.39 is 41.1 Å². The van der Waals surface area contributed by atoms with Gasteiger partial charge in [-0.25, -0.2) is 8.78 Å². The second kappa shape index (κ2) is 7.67. The van der Waals surface area contributed by atoms with Crippen LogP contribution in [0.3, 0.4) is 0 Å². The highest BCUT2D eigenvalue weighted by atomic mass is 32.2. The average Bonchev–Trinajstić information content (AvgIpc) is 2.84. The van der Waals surface area contributed by atoms with Gasteiger partial charge in [-0.2, -0.15) is 0 Å². The Bertz CT molecular complexity index is 859. The largest absolute Gasteiger partial charge is 0.611 e. The molecule has 1 saturated heterocycles. The lowest BCUT2D eigenvalue weighted by Crippen LogP contribution is -2.41. The fraction of sp³-hybridized carbons (Fsp3) is 0.400. The van der Waals surface area contributed by atoms with Gasteiger partial charge in [-0.3, -0.25) is 0 Å². The van der Waals surface area contributed by atoms with Crippen molar-refractivity contribution in [3.05, 3.63) is 48.0 Å². The number of hydrogen-bond donors (Lipinski definition) is 0. The summed E-state index contributed by atoms with van der Waals surface area (Å²) in [7, 11) is -0.780. The van der Waals surface area contributed by atoms with Crippen molar-refractivity contribution in [1.82, 2.24) is 0 Å². The van der Waals surface area contributed by atoms with Crippen molar-refractivity contribution >= 4 is 23.8 Å². The van der Waals surface area contributed by atoms with E-state index in [0.29, 0.717) is 21.9 Å². The van der Waals surface area contributed by atoms with Gasteiger partial charge in [-0.05, 0) is 76.1 Å². The maximum Gasteiger partial charge on any atom is 0.498 e. The first-order chi connectivity index (χ1) is 13.0. The van der Waals surface area contributed by atoms with Crippen LogP contribution in [0.15, 0.2) is 41.3 Å². The Balaban J connectivity index is 2.02. The normalized spacial score (nSPS) is 18.9. The van der Waals surface area contributed by atoms with E-state index in [-0.39, 0.29) is 5.75 Å². The van der Waals surface area contributed by atoms with E-state index in [1.165, 1.54) is 6.07 Å². The van der Waals surface area contributed by atoms with Crippen molar-refractivity contribution in [3.8, 4) is 11.5 Å². The molecule has 0 aliphatic carbocycles. The van der Waals surface area contributed by atoms with Crippen molar-refractivity contribution in [2.75, 3.05) is 5.75 Å². The van der Waals surface area contributed by atoms with Crippen molar-refractivity contribution in [3.63, 3.8) is 0 Å². The van der Waals surface area contributed by atoms with Gasteiger partial charge < -0.3 is 18.6 Å². The third kappa shape index (κ3) is 4.05. The molecule has 1 fully saturated rings. The summed E-state index contributed by atoms with van der Waals surface area (Å²) in [6.07, 6.45) is 0. The molecule has 0 aromatic heterocycles. The molecular formula is C20H23BF2O4S. The maximum atomic E-state index is 14.1. The Kier molecular flexibility index (Phi) is 5.78. The second-order valence-corrected chi connectivity index (χ2v) is 9.34. The number of ether oxygens (including phenoxy) is 1. The van der Waals surface area contributed by atoms with Crippen molar-refractivity contribution in [1.29, 1.82) is 0 Å². The van der Waals surface area contributed by atoms with Gasteiger partial charge in [0.15, 0.2) is 16.5 Å². The monoisotopic (exact) mass is 408 g/mol. The molecule has 1 aliphatic rings. The van der Waals surface area contributed by atoms with E-state index in [1.807, 2.05) is 34.6 Å². The minimum absolute atomic E-state index is 0.122. The van der Waals surface area contributed by atoms with Gasteiger partial charge in [0.2, 0.25) is 0 Å². The van der Waals surface area contributed by atoms with E-state index in [9.17, 15) is 13.3 Å². The molecule has 4 nitrogen and oxygen atoms in total. The standard InChI is InChI=1S/C20H23BF2O4S/c1-6-28(24)14-8-10-17(25-18-9-7-13(22)11-16(18)23)15(12-14)21-26-19(2,3)20(4,5)27-21/h7-12H,6H2,1-5H3. The van der Waals surface area contributed by atoms with Crippen LogP contribution in [0.2, 0.25) is 0 Å². The molecule has 8 heteroatoms. The van der Waals surface area contributed by atoms with Gasteiger partial charge in [0, 0.05) is 11.5 Å². The summed E-state index contributed by atoms with van der Waals surface area (Å²) in [6, 6.07) is 8.05. The van der Waals surface area contributed by atoms with E-state index >= 15 is 0 Å². The molecule has 2 aromatic carbocycles. The third-order valence-corrected chi connectivity index (χ3v) is 6.43. The number of halogens is 2. The lowest BCUT2D eigenvalue weighted by atomic mass is 9.78. The van der Waals surface area contributed by atoms with E-state index in [2.05, 4.69) is 0 Å². The molecule has 0 N–H and O–H groups in total. The second-order valence-electron chi connectivity index (χ2n) is 7.60. The van der Waals surface area contributed by atoms with Crippen LogP contribution in [0.25, 0.3) is 0 Å². The first-order valence-electron chi connectivity index (χ1n) is 9.05. The Morgan fingerprint density at radius 2 is 1.61 bits per heavy atom. The number of hydrogen-bond acceptors (Lipinski definition) is 4. The zero-order valence-electron chi connectivity index (χ0n) is 16.5. The van der Waals surface area contributed by atoms with E-state index in [0.717, 1.165) is 12.1 Å². The van der Waals surface area contributed by atoms with Crippen LogP contribution in [-0.2, 0) is 20.5 Å². The Labute approximate surface area is 167 Å². The molecule has 28 heavy (non-hydrogen) atoms. The van der Waals surface area contributed by atoms with E-state index in [1.54, 1.807) is 18.2 Å². The summed E-state index contributed by atoms with van der Waals surface area (Å²) in [5.74, 6) is -0.884. The predicted molar refractivity (Wildman–Crippen MR) is 106 cm³/mol. The number of benzene rings is 2. The fourth-order valence-electron chi connectivity index (χ4n) is 2.76. The van der Waals surface area contributed by atoms with Crippen LogP contribution in [0.5, 0.6) is 11.5 Å². The summed E-state index contributed by atoms with van der Waals surface area (Å²) < 4.78 is 57.4. The number of rotatable bonds is 5. The Morgan fingerprint density at radius 1 is 1.00 bits per heavy atom. The topological polar surface area (TPSA) is 50.8 Å². The molecule has 3 rings (SSSR count). The van der Waals surface area contributed by atoms with Crippen LogP contribution >= 0.6 is 0 Å². The molecule has 0 amide bonds. The molecule has 0 spiro atoms. The first kappa shape index (κ1) is 21.1. The van der Waals surface area contributed by atoms with Gasteiger partial charge in [-0.15, -0.1) is 0 Å². The summed E-state index contributed by atoms with van der Waals surface area (Å²) >= 11 is -1.19. The molecule has 2 aromatic rings. The quantitative estimate of drug-likeness (QED) is 0.550. The summed E-state index contributed by atoms with van der Waals surface area (Å²) in [4.78, 5) is 0.596. The molecule has 0 bridgehead atoms. The highest BCUT2D eigenvalue weighted by Gasteiger charge is 2.52. The lowest BCUT2D eigenvalue weighted by Gasteiger charge is -2.32. The Hall–Kier alpha value is -1.61. The molecular weight excluding hydrogens is 385 g/mol. The third-order valence-electron chi connectivity index (χ3n) is 5.13. The summed E-state index contributed by atoms with van der Waals surface area (Å²) in [5, 5.41) is 0. The first-order valence-corrected chi connectivity index (χ1v) is 10.4. The molecule has 1 atom stereocenters. The lowest BCUT2D eigenvalue weighted by molar-refractivity contribution is 0.00578. The van der Waals surface area contributed by atoms with Gasteiger partial charge in [-0.1, -0.05) is 0 Å². The SMILES string of the molecule is CC[S+]([O-])c1ccc(Oc2ccc(F)cc2F)c(B2OC(C)(C)C(C)(C)O2)c1. The van der Waals surface area contributed by atoms with Gasteiger partial charge in [0.05, 0.1) is 11.2 Å². The zero-order valence-corrected chi connectivity index (χ0v) is 17.4. The maximum absolute atomic E-state index is 14.1. The average molecular weight is 408 g/mol. The molecule has 1 aliphatic heterocycles. The van der Waals surface area contributed by atoms with Crippen molar-refractivity contribution in [2.45, 2.75) is 50.7 Å². The van der Waals surface area contributed by atoms with Gasteiger partial charge in [0.1, 0.15) is 17.3 Å². The minimum Gasteiger partial charge on any atom is -0.611 e. The van der Waals surface area contributed by atoms with Crippen LogP contribution in [0, 0.1) is 11.6 Å². The Morgan fingerprint density at radius 3 is 2.18 bits per heavy atom. The summed E-state index contributed by atoms with van der Waals surface area (Å²) in [5.41, 5.74) is -0.673. The minimum atomic E-state index is -1.19. The highest BCUT2D eigenvalue weighted by Crippen LogP contribution is 2.38. The molecule has 1 heterocycles. The predicted octanol–water partition coefficient (Wildman–Crippen LogP) is 4.18. The fourth-order valence-corrected chi connectivity index (χ4v) is 3.57. The van der Waals surface area contributed by atoms with Crippen LogP contribution in [-0.4, -0.2) is 28.6 Å². The van der Waals surface area contributed by atoms with E-state index in [4.69, 9.17) is 14.0 Å². The van der Waals surface area contributed by atoms with Gasteiger partial charge in [0.25, 0.3) is 0 Å². The van der Waals surface area contributed by atoms with Gasteiger partial charge >= 0.3 is 7.12 Å².